The summed E-state index contributed by atoms with van der Waals surface area (Å²) in [5, 5.41) is 0.948. The van der Waals surface area contributed by atoms with E-state index in [-0.39, 0.29) is 18.0 Å². The molecule has 1 saturated heterocycles. The summed E-state index contributed by atoms with van der Waals surface area (Å²) in [5.74, 6) is 1.43. The minimum absolute atomic E-state index is 0.00861. The van der Waals surface area contributed by atoms with E-state index in [2.05, 4.69) is 4.98 Å². The van der Waals surface area contributed by atoms with Crippen molar-refractivity contribution in [1.29, 1.82) is 0 Å². The fourth-order valence-corrected chi connectivity index (χ4v) is 4.49. The lowest BCUT2D eigenvalue weighted by Crippen LogP contribution is -2.46. The van der Waals surface area contributed by atoms with E-state index in [4.69, 9.17) is 11.6 Å². The molecule has 5 nitrogen and oxygen atoms in total. The van der Waals surface area contributed by atoms with Gasteiger partial charge < -0.3 is 4.90 Å². The first-order valence-electron chi connectivity index (χ1n) is 9.04. The number of likely N-dealkylation sites (tertiary alicyclic amines) is 1. The lowest BCUT2D eigenvalue weighted by Gasteiger charge is -2.41. The number of nitrogens with zero attached hydrogens (tertiary/aromatic N) is 3. The highest BCUT2D eigenvalue weighted by Gasteiger charge is 2.32. The van der Waals surface area contributed by atoms with Gasteiger partial charge in [-0.2, -0.15) is 0 Å². The number of fused-ring (bicyclic) bond motifs is 2. The van der Waals surface area contributed by atoms with Crippen LogP contribution < -0.4 is 5.56 Å². The summed E-state index contributed by atoms with van der Waals surface area (Å²) in [6.07, 6.45) is 7.69. The molecule has 1 aliphatic heterocycles. The van der Waals surface area contributed by atoms with Crippen LogP contribution in [0.3, 0.4) is 0 Å². The Hall–Kier alpha value is -1.88. The second kappa shape index (κ2) is 6.79. The molecule has 25 heavy (non-hydrogen) atoms. The number of piperidine rings is 1. The van der Waals surface area contributed by atoms with Gasteiger partial charge in [0.05, 0.1) is 17.2 Å². The number of carbonyl (C=O) groups is 1. The Balaban J connectivity index is 1.52. The van der Waals surface area contributed by atoms with Crippen molar-refractivity contribution in [1.82, 2.24) is 14.5 Å². The van der Waals surface area contributed by atoms with E-state index in [0.29, 0.717) is 21.8 Å². The maximum absolute atomic E-state index is 12.7. The van der Waals surface area contributed by atoms with Gasteiger partial charge in [0.1, 0.15) is 6.54 Å². The third kappa shape index (κ3) is 3.30. The van der Waals surface area contributed by atoms with Gasteiger partial charge in [-0.05, 0) is 42.9 Å². The van der Waals surface area contributed by atoms with Gasteiger partial charge in [-0.15, -0.1) is 0 Å². The number of amides is 1. The Bertz CT molecular complexity index is 863. The number of benzene rings is 1. The second-order valence-electron chi connectivity index (χ2n) is 7.27. The number of rotatable bonds is 2. The molecule has 2 atom stereocenters. The summed E-state index contributed by atoms with van der Waals surface area (Å²) in [6.45, 7) is 1.69. The zero-order valence-electron chi connectivity index (χ0n) is 14.2. The standard InChI is InChI=1S/C19H22ClN3O2/c20-15-5-6-17-16(9-15)19(25)23(12-21-17)11-18(24)22-8-7-13-3-1-2-4-14(13)10-22/h5-6,9,12-14H,1-4,7-8,10-11H2/t13-,14-/m1/s1. The number of hydrogen-bond donors (Lipinski definition) is 0. The van der Waals surface area contributed by atoms with Crippen LogP contribution in [-0.2, 0) is 11.3 Å². The van der Waals surface area contributed by atoms with Crippen LogP contribution in [0.25, 0.3) is 10.9 Å². The minimum atomic E-state index is -0.214. The van der Waals surface area contributed by atoms with E-state index < -0.39 is 0 Å². The Morgan fingerprint density at radius 2 is 2.00 bits per heavy atom. The summed E-state index contributed by atoms with van der Waals surface area (Å²) >= 11 is 5.98. The van der Waals surface area contributed by atoms with Crippen LogP contribution in [0.4, 0.5) is 0 Å². The second-order valence-corrected chi connectivity index (χ2v) is 7.71. The molecule has 0 N–H and O–H groups in total. The zero-order valence-corrected chi connectivity index (χ0v) is 14.9. The van der Waals surface area contributed by atoms with E-state index in [1.54, 1.807) is 18.2 Å². The van der Waals surface area contributed by atoms with Gasteiger partial charge in [0.25, 0.3) is 5.56 Å². The monoisotopic (exact) mass is 359 g/mol. The van der Waals surface area contributed by atoms with E-state index in [0.717, 1.165) is 25.4 Å². The van der Waals surface area contributed by atoms with E-state index in [9.17, 15) is 9.59 Å². The summed E-state index contributed by atoms with van der Waals surface area (Å²) in [4.78, 5) is 31.5. The highest BCUT2D eigenvalue weighted by Crippen LogP contribution is 2.36. The molecule has 132 valence electrons. The molecule has 0 spiro atoms. The quantitative estimate of drug-likeness (QED) is 0.828. The fourth-order valence-electron chi connectivity index (χ4n) is 4.32. The summed E-state index contributed by atoms with van der Waals surface area (Å²) in [7, 11) is 0. The minimum Gasteiger partial charge on any atom is -0.341 e. The molecule has 2 aromatic rings. The van der Waals surface area contributed by atoms with Gasteiger partial charge >= 0.3 is 0 Å². The van der Waals surface area contributed by atoms with Crippen molar-refractivity contribution < 1.29 is 4.79 Å². The normalized spacial score (nSPS) is 23.5. The molecule has 1 amide bonds. The molecular formula is C19H22ClN3O2. The average Bonchev–Trinajstić information content (AvgIpc) is 2.64. The molecule has 1 aliphatic carbocycles. The van der Waals surface area contributed by atoms with Gasteiger partial charge in [-0.25, -0.2) is 4.98 Å². The third-order valence-electron chi connectivity index (χ3n) is 5.74. The number of aromatic nitrogens is 2. The van der Waals surface area contributed by atoms with Crippen molar-refractivity contribution >= 4 is 28.4 Å². The van der Waals surface area contributed by atoms with Crippen LogP contribution in [0, 0.1) is 11.8 Å². The van der Waals surface area contributed by atoms with E-state index in [1.807, 2.05) is 4.90 Å². The predicted molar refractivity (Wildman–Crippen MR) is 97.7 cm³/mol. The molecule has 2 heterocycles. The molecule has 4 rings (SSSR count). The zero-order chi connectivity index (χ0) is 17.4. The van der Waals surface area contributed by atoms with E-state index >= 15 is 0 Å². The topological polar surface area (TPSA) is 55.2 Å². The Kier molecular flexibility index (Phi) is 4.50. The smallest absolute Gasteiger partial charge is 0.261 e. The lowest BCUT2D eigenvalue weighted by atomic mass is 9.75. The van der Waals surface area contributed by atoms with Crippen LogP contribution in [-0.4, -0.2) is 33.4 Å². The van der Waals surface area contributed by atoms with E-state index in [1.165, 1.54) is 36.6 Å². The third-order valence-corrected chi connectivity index (χ3v) is 5.97. The maximum Gasteiger partial charge on any atom is 0.261 e. The Morgan fingerprint density at radius 1 is 1.20 bits per heavy atom. The first-order chi connectivity index (χ1) is 12.1. The van der Waals surface area contributed by atoms with Gasteiger partial charge in [0.2, 0.25) is 5.91 Å². The van der Waals surface area contributed by atoms with Crippen LogP contribution in [0.15, 0.2) is 29.3 Å². The van der Waals surface area contributed by atoms with Crippen LogP contribution in [0.1, 0.15) is 32.1 Å². The SMILES string of the molecule is O=C(Cn1cnc2ccc(Cl)cc2c1=O)N1CC[C@H]2CCCC[C@@H]2C1. The molecular weight excluding hydrogens is 338 g/mol. The first-order valence-corrected chi connectivity index (χ1v) is 9.42. The molecule has 0 radical (unpaired) electrons. The van der Waals surface area contributed by atoms with Gasteiger partial charge in [0.15, 0.2) is 0 Å². The van der Waals surface area contributed by atoms with Crippen molar-refractivity contribution in [2.45, 2.75) is 38.6 Å². The van der Waals surface area contributed by atoms with Crippen molar-refractivity contribution in [3.8, 4) is 0 Å². The number of carbonyl (C=O) groups excluding carboxylic acids is 1. The molecule has 6 heteroatoms. The Morgan fingerprint density at radius 3 is 2.84 bits per heavy atom. The van der Waals surface area contributed by atoms with Crippen molar-refractivity contribution in [3.63, 3.8) is 0 Å². The molecule has 0 bridgehead atoms. The maximum atomic E-state index is 12.7. The number of halogens is 1. The van der Waals surface area contributed by atoms with Crippen molar-refractivity contribution in [2.75, 3.05) is 13.1 Å². The fraction of sp³-hybridized carbons (Fsp3) is 0.526. The molecule has 2 aliphatic rings. The highest BCUT2D eigenvalue weighted by molar-refractivity contribution is 6.31. The predicted octanol–water partition coefficient (Wildman–Crippen LogP) is 3.09. The molecule has 2 fully saturated rings. The average molecular weight is 360 g/mol. The molecule has 0 unspecified atom stereocenters. The van der Waals surface area contributed by atoms with Gasteiger partial charge in [0, 0.05) is 18.1 Å². The summed E-state index contributed by atoms with van der Waals surface area (Å²) in [6, 6.07) is 5.04. The summed E-state index contributed by atoms with van der Waals surface area (Å²) < 4.78 is 1.40. The summed E-state index contributed by atoms with van der Waals surface area (Å²) in [5.41, 5.74) is 0.384. The van der Waals surface area contributed by atoms with Gasteiger partial charge in [-0.1, -0.05) is 30.9 Å². The van der Waals surface area contributed by atoms with Crippen LogP contribution in [0.2, 0.25) is 5.02 Å². The molecule has 1 saturated carbocycles. The van der Waals surface area contributed by atoms with Gasteiger partial charge in [-0.3, -0.25) is 14.2 Å². The van der Waals surface area contributed by atoms with Crippen LogP contribution in [0.5, 0.6) is 0 Å². The van der Waals surface area contributed by atoms with Crippen molar-refractivity contribution in [3.05, 3.63) is 39.9 Å². The number of hydrogen-bond acceptors (Lipinski definition) is 3. The lowest BCUT2D eigenvalue weighted by molar-refractivity contribution is -0.135. The molecule has 1 aromatic carbocycles. The first kappa shape index (κ1) is 16.6. The Labute approximate surface area is 151 Å². The van der Waals surface area contributed by atoms with Crippen molar-refractivity contribution in [2.24, 2.45) is 11.8 Å². The molecule has 1 aromatic heterocycles. The highest BCUT2D eigenvalue weighted by atomic mass is 35.5. The van der Waals surface area contributed by atoms with Crippen LogP contribution >= 0.6 is 11.6 Å². The largest absolute Gasteiger partial charge is 0.341 e.